The summed E-state index contributed by atoms with van der Waals surface area (Å²) in [5.41, 5.74) is 4.22. The normalized spacial score (nSPS) is 14.8. The molecular formula is C25H23N3OS2. The lowest BCUT2D eigenvalue weighted by Gasteiger charge is -2.39. The Kier molecular flexibility index (Phi) is 5.93. The molecule has 6 heteroatoms. The molecule has 0 bridgehead atoms. The minimum Gasteiger partial charge on any atom is -0.335 e. The van der Waals surface area contributed by atoms with Crippen molar-refractivity contribution in [1.29, 1.82) is 0 Å². The van der Waals surface area contributed by atoms with Crippen molar-refractivity contribution in [2.24, 2.45) is 0 Å². The van der Waals surface area contributed by atoms with Crippen LogP contribution >= 0.6 is 22.7 Å². The third-order valence-electron chi connectivity index (χ3n) is 5.69. The van der Waals surface area contributed by atoms with Crippen molar-refractivity contribution in [2.45, 2.75) is 6.04 Å². The van der Waals surface area contributed by atoms with Gasteiger partial charge in [0.05, 0.1) is 6.04 Å². The van der Waals surface area contributed by atoms with Crippen molar-refractivity contribution < 1.29 is 4.79 Å². The van der Waals surface area contributed by atoms with E-state index >= 15 is 0 Å². The Morgan fingerprint density at radius 2 is 1.48 bits per heavy atom. The molecule has 5 rings (SSSR count). The summed E-state index contributed by atoms with van der Waals surface area (Å²) < 4.78 is 0. The molecule has 0 saturated carbocycles. The van der Waals surface area contributed by atoms with Gasteiger partial charge in [0, 0.05) is 42.5 Å². The van der Waals surface area contributed by atoms with E-state index in [0.717, 1.165) is 23.7 Å². The van der Waals surface area contributed by atoms with Crippen LogP contribution in [0.15, 0.2) is 82.9 Å². The molecule has 1 amide bonds. The summed E-state index contributed by atoms with van der Waals surface area (Å²) in [5.74, 6) is 0.0355. The molecule has 1 saturated heterocycles. The number of hydrogen-bond donors (Lipinski definition) is 0. The lowest BCUT2D eigenvalue weighted by atomic mass is 9.96. The maximum atomic E-state index is 13.1. The molecule has 0 N–H and O–H groups in total. The van der Waals surface area contributed by atoms with Gasteiger partial charge in [-0.2, -0.15) is 11.3 Å². The highest BCUT2D eigenvalue weighted by atomic mass is 32.1. The van der Waals surface area contributed by atoms with Crippen molar-refractivity contribution >= 4 is 28.6 Å². The molecule has 1 fully saturated rings. The summed E-state index contributed by atoms with van der Waals surface area (Å²) >= 11 is 3.18. The molecule has 1 aliphatic heterocycles. The fourth-order valence-corrected chi connectivity index (χ4v) is 5.63. The summed E-state index contributed by atoms with van der Waals surface area (Å²) in [6, 6.07) is 23.5. The third-order valence-corrected chi connectivity index (χ3v) is 7.26. The lowest BCUT2D eigenvalue weighted by molar-refractivity contribution is 0.0592. The SMILES string of the molecule is O=C(c1csc(-c2ccsc2)n1)N1CCN(C(c2ccccc2)c2ccccc2)CC1. The van der Waals surface area contributed by atoms with Gasteiger partial charge in [0.25, 0.3) is 5.91 Å². The minimum atomic E-state index is 0.0355. The monoisotopic (exact) mass is 445 g/mol. The average molecular weight is 446 g/mol. The molecule has 0 spiro atoms. The zero-order chi connectivity index (χ0) is 21.0. The number of thiophene rings is 1. The van der Waals surface area contributed by atoms with Crippen molar-refractivity contribution in [3.8, 4) is 10.6 Å². The quantitative estimate of drug-likeness (QED) is 0.412. The molecule has 0 unspecified atom stereocenters. The zero-order valence-corrected chi connectivity index (χ0v) is 18.7. The molecule has 0 radical (unpaired) electrons. The Labute approximate surface area is 190 Å². The number of carbonyl (C=O) groups is 1. The number of thiazole rings is 1. The van der Waals surface area contributed by atoms with Gasteiger partial charge >= 0.3 is 0 Å². The topological polar surface area (TPSA) is 36.4 Å². The van der Waals surface area contributed by atoms with Crippen LogP contribution in [-0.4, -0.2) is 46.9 Å². The van der Waals surface area contributed by atoms with Gasteiger partial charge in [0.2, 0.25) is 0 Å². The van der Waals surface area contributed by atoms with Crippen LogP contribution in [0.4, 0.5) is 0 Å². The van der Waals surface area contributed by atoms with E-state index in [2.05, 4.69) is 75.9 Å². The maximum absolute atomic E-state index is 13.1. The fraction of sp³-hybridized carbons (Fsp3) is 0.200. The van der Waals surface area contributed by atoms with Gasteiger partial charge < -0.3 is 4.90 Å². The standard InChI is InChI=1S/C25H23N3OS2/c29-25(22-18-31-24(26-22)21-11-16-30-17-21)28-14-12-27(13-15-28)23(19-7-3-1-4-8-19)20-9-5-2-6-10-20/h1-11,16-18,23H,12-15H2. The first-order valence-electron chi connectivity index (χ1n) is 10.4. The van der Waals surface area contributed by atoms with Gasteiger partial charge in [-0.15, -0.1) is 11.3 Å². The largest absolute Gasteiger partial charge is 0.335 e. The molecule has 3 heterocycles. The smallest absolute Gasteiger partial charge is 0.273 e. The summed E-state index contributed by atoms with van der Waals surface area (Å²) in [7, 11) is 0. The molecule has 2 aromatic heterocycles. The van der Waals surface area contributed by atoms with Crippen molar-refractivity contribution in [3.63, 3.8) is 0 Å². The third kappa shape index (κ3) is 4.32. The molecular weight excluding hydrogens is 422 g/mol. The van der Waals surface area contributed by atoms with Crippen LogP contribution in [0.3, 0.4) is 0 Å². The second-order valence-electron chi connectivity index (χ2n) is 7.60. The number of carbonyl (C=O) groups excluding carboxylic acids is 1. The first-order chi connectivity index (χ1) is 15.3. The van der Waals surface area contributed by atoms with Crippen molar-refractivity contribution in [2.75, 3.05) is 26.2 Å². The first kappa shape index (κ1) is 20.1. The zero-order valence-electron chi connectivity index (χ0n) is 17.1. The van der Waals surface area contributed by atoms with E-state index in [4.69, 9.17) is 0 Å². The number of benzene rings is 2. The van der Waals surface area contributed by atoms with Crippen LogP contribution < -0.4 is 0 Å². The molecule has 0 atom stereocenters. The number of nitrogens with zero attached hydrogens (tertiary/aromatic N) is 3. The highest BCUT2D eigenvalue weighted by Crippen LogP contribution is 2.30. The molecule has 0 aliphatic carbocycles. The molecule has 4 aromatic rings. The van der Waals surface area contributed by atoms with E-state index < -0.39 is 0 Å². The Bertz CT molecular complexity index is 1080. The van der Waals surface area contributed by atoms with Crippen LogP contribution in [0, 0.1) is 0 Å². The van der Waals surface area contributed by atoms with Gasteiger partial charge in [-0.3, -0.25) is 9.69 Å². The molecule has 4 nitrogen and oxygen atoms in total. The summed E-state index contributed by atoms with van der Waals surface area (Å²) in [6.45, 7) is 3.09. The number of aromatic nitrogens is 1. The van der Waals surface area contributed by atoms with Crippen LogP contribution in [0.25, 0.3) is 10.6 Å². The van der Waals surface area contributed by atoms with Gasteiger partial charge in [0.1, 0.15) is 10.7 Å². The van der Waals surface area contributed by atoms with Crippen LogP contribution in [-0.2, 0) is 0 Å². The highest BCUT2D eigenvalue weighted by molar-refractivity contribution is 7.14. The van der Waals surface area contributed by atoms with Gasteiger partial charge in [-0.05, 0) is 22.6 Å². The summed E-state index contributed by atoms with van der Waals surface area (Å²) in [4.78, 5) is 22.1. The van der Waals surface area contributed by atoms with E-state index in [-0.39, 0.29) is 11.9 Å². The predicted molar refractivity (Wildman–Crippen MR) is 128 cm³/mol. The van der Waals surface area contributed by atoms with E-state index in [0.29, 0.717) is 18.8 Å². The number of amides is 1. The average Bonchev–Trinajstić information content (AvgIpc) is 3.53. The van der Waals surface area contributed by atoms with E-state index in [1.54, 1.807) is 11.3 Å². The number of piperazine rings is 1. The second-order valence-corrected chi connectivity index (χ2v) is 9.24. The van der Waals surface area contributed by atoms with Gasteiger partial charge in [-0.25, -0.2) is 4.98 Å². The van der Waals surface area contributed by atoms with Crippen LogP contribution in [0.5, 0.6) is 0 Å². The Morgan fingerprint density at radius 1 is 0.839 bits per heavy atom. The van der Waals surface area contributed by atoms with Crippen molar-refractivity contribution in [1.82, 2.24) is 14.8 Å². The molecule has 2 aromatic carbocycles. The Morgan fingerprint density at radius 3 is 2.06 bits per heavy atom. The van der Waals surface area contributed by atoms with Gasteiger partial charge in [-0.1, -0.05) is 60.7 Å². The van der Waals surface area contributed by atoms with E-state index in [9.17, 15) is 4.79 Å². The highest BCUT2D eigenvalue weighted by Gasteiger charge is 2.29. The van der Waals surface area contributed by atoms with Crippen LogP contribution in [0.1, 0.15) is 27.7 Å². The van der Waals surface area contributed by atoms with E-state index in [1.807, 2.05) is 21.7 Å². The minimum absolute atomic E-state index is 0.0355. The van der Waals surface area contributed by atoms with Crippen molar-refractivity contribution in [3.05, 3.63) is 99.7 Å². The number of rotatable bonds is 5. The second kappa shape index (κ2) is 9.14. The summed E-state index contributed by atoms with van der Waals surface area (Å²) in [5, 5.41) is 6.90. The maximum Gasteiger partial charge on any atom is 0.273 e. The summed E-state index contributed by atoms with van der Waals surface area (Å²) in [6.07, 6.45) is 0. The predicted octanol–water partition coefficient (Wildman–Crippen LogP) is 5.42. The Hall–Kier alpha value is -2.80. The molecule has 1 aliphatic rings. The molecule has 31 heavy (non-hydrogen) atoms. The molecule has 156 valence electrons. The first-order valence-corrected chi connectivity index (χ1v) is 12.2. The van der Waals surface area contributed by atoms with Gasteiger partial charge in [0.15, 0.2) is 0 Å². The van der Waals surface area contributed by atoms with Crippen LogP contribution in [0.2, 0.25) is 0 Å². The fourth-order valence-electron chi connectivity index (χ4n) is 4.12. The lowest BCUT2D eigenvalue weighted by Crippen LogP contribution is -2.50. The van der Waals surface area contributed by atoms with E-state index in [1.165, 1.54) is 22.5 Å². The Balaban J connectivity index is 1.30. The number of hydrogen-bond acceptors (Lipinski definition) is 5.